The summed E-state index contributed by atoms with van der Waals surface area (Å²) in [6.45, 7) is 5.31. The Morgan fingerprint density at radius 3 is 2.55 bits per heavy atom. The minimum atomic E-state index is 0.170. The van der Waals surface area contributed by atoms with Crippen molar-refractivity contribution in [1.82, 2.24) is 14.9 Å². The molecule has 0 bridgehead atoms. The predicted octanol–water partition coefficient (Wildman–Crippen LogP) is 2.37. The van der Waals surface area contributed by atoms with Gasteiger partial charge in [-0.15, -0.1) is 0 Å². The summed E-state index contributed by atoms with van der Waals surface area (Å²) in [6, 6.07) is 8.53. The van der Waals surface area contributed by atoms with E-state index in [0.717, 1.165) is 18.7 Å². The third-order valence-corrected chi connectivity index (χ3v) is 3.31. The van der Waals surface area contributed by atoms with Crippen molar-refractivity contribution >= 4 is 0 Å². The molecule has 0 amide bonds. The van der Waals surface area contributed by atoms with E-state index in [1.165, 1.54) is 5.56 Å². The van der Waals surface area contributed by atoms with E-state index < -0.39 is 0 Å². The first-order valence-corrected chi connectivity index (χ1v) is 7.10. The average Bonchev–Trinajstić information content (AvgIpc) is 2.97. The van der Waals surface area contributed by atoms with Crippen molar-refractivity contribution in [3.05, 3.63) is 48.5 Å². The molecule has 1 heterocycles. The molecular weight excluding hydrogens is 250 g/mol. The van der Waals surface area contributed by atoms with Gasteiger partial charge in [0.05, 0.1) is 12.9 Å². The Morgan fingerprint density at radius 1 is 1.25 bits per heavy atom. The zero-order chi connectivity index (χ0) is 14.4. The fourth-order valence-electron chi connectivity index (χ4n) is 2.25. The predicted molar refractivity (Wildman–Crippen MR) is 80.7 cm³/mol. The molecule has 0 radical (unpaired) electrons. The molecule has 0 aliphatic carbocycles. The molecule has 1 unspecified atom stereocenters. The van der Waals surface area contributed by atoms with E-state index in [9.17, 15) is 5.11 Å². The molecular formula is C16H23N3O. The van der Waals surface area contributed by atoms with Gasteiger partial charge in [-0.3, -0.25) is 0 Å². The summed E-state index contributed by atoms with van der Waals surface area (Å²) in [5, 5.41) is 12.8. The van der Waals surface area contributed by atoms with Crippen LogP contribution < -0.4 is 5.32 Å². The topological polar surface area (TPSA) is 50.1 Å². The fourth-order valence-corrected chi connectivity index (χ4v) is 2.25. The number of aliphatic hydroxyl groups excluding tert-OH is 1. The van der Waals surface area contributed by atoms with Crippen LogP contribution in [0.15, 0.2) is 43.0 Å². The number of nitrogens with one attached hydrogen (secondary N) is 1. The average molecular weight is 273 g/mol. The van der Waals surface area contributed by atoms with E-state index in [0.29, 0.717) is 5.92 Å². The minimum absolute atomic E-state index is 0.170. The van der Waals surface area contributed by atoms with Crippen LogP contribution in [0.2, 0.25) is 0 Å². The maximum Gasteiger partial charge on any atom is 0.0991 e. The van der Waals surface area contributed by atoms with E-state index in [4.69, 9.17) is 0 Å². The van der Waals surface area contributed by atoms with Gasteiger partial charge >= 0.3 is 0 Å². The standard InChI is InChI=1S/C16H23N3O/c1-13(2)9-15(11-20)18-10-14-3-5-16(6-4-14)19-8-7-17-12-19/h3-8,12-13,15,18,20H,9-11H2,1-2H3. The van der Waals surface area contributed by atoms with Gasteiger partial charge in [0, 0.05) is 30.7 Å². The van der Waals surface area contributed by atoms with Crippen molar-refractivity contribution in [2.24, 2.45) is 5.92 Å². The summed E-state index contributed by atoms with van der Waals surface area (Å²) in [4.78, 5) is 4.04. The van der Waals surface area contributed by atoms with Crippen LogP contribution in [0.1, 0.15) is 25.8 Å². The number of nitrogens with zero attached hydrogens (tertiary/aromatic N) is 2. The van der Waals surface area contributed by atoms with Crippen molar-refractivity contribution in [2.75, 3.05) is 6.61 Å². The van der Waals surface area contributed by atoms with Crippen molar-refractivity contribution in [2.45, 2.75) is 32.9 Å². The van der Waals surface area contributed by atoms with E-state index in [-0.39, 0.29) is 12.6 Å². The molecule has 2 N–H and O–H groups in total. The van der Waals surface area contributed by atoms with Gasteiger partial charge in [0.2, 0.25) is 0 Å². The van der Waals surface area contributed by atoms with E-state index >= 15 is 0 Å². The first-order chi connectivity index (χ1) is 9.69. The normalized spacial score (nSPS) is 12.8. The summed E-state index contributed by atoms with van der Waals surface area (Å²) in [6.07, 6.45) is 6.48. The number of rotatable bonds is 7. The largest absolute Gasteiger partial charge is 0.395 e. The Labute approximate surface area is 120 Å². The van der Waals surface area contributed by atoms with Gasteiger partial charge in [-0.2, -0.15) is 0 Å². The number of benzene rings is 1. The molecule has 20 heavy (non-hydrogen) atoms. The quantitative estimate of drug-likeness (QED) is 0.814. The van der Waals surface area contributed by atoms with Gasteiger partial charge in [-0.1, -0.05) is 26.0 Å². The lowest BCUT2D eigenvalue weighted by molar-refractivity contribution is 0.223. The molecule has 2 rings (SSSR count). The van der Waals surface area contributed by atoms with E-state index in [1.807, 2.05) is 10.8 Å². The van der Waals surface area contributed by atoms with Gasteiger partial charge in [-0.05, 0) is 30.0 Å². The highest BCUT2D eigenvalue weighted by molar-refractivity contribution is 5.34. The molecule has 4 nitrogen and oxygen atoms in total. The maximum absolute atomic E-state index is 9.35. The third kappa shape index (κ3) is 4.18. The molecule has 2 aromatic rings. The monoisotopic (exact) mass is 273 g/mol. The Balaban J connectivity index is 1.90. The van der Waals surface area contributed by atoms with Crippen molar-refractivity contribution < 1.29 is 5.11 Å². The molecule has 0 saturated heterocycles. The molecule has 1 atom stereocenters. The smallest absolute Gasteiger partial charge is 0.0991 e. The van der Waals surface area contributed by atoms with Crippen LogP contribution in [0, 0.1) is 5.92 Å². The molecule has 1 aromatic heterocycles. The summed E-state index contributed by atoms with van der Waals surface area (Å²) in [5.41, 5.74) is 2.32. The van der Waals surface area contributed by atoms with Crippen molar-refractivity contribution in [3.8, 4) is 5.69 Å². The summed E-state index contributed by atoms with van der Waals surface area (Å²) in [7, 11) is 0. The van der Waals surface area contributed by atoms with Crippen LogP contribution in [0.5, 0.6) is 0 Å². The van der Waals surface area contributed by atoms with Crippen LogP contribution in [-0.4, -0.2) is 27.3 Å². The summed E-state index contributed by atoms with van der Waals surface area (Å²) < 4.78 is 1.98. The van der Waals surface area contributed by atoms with Gasteiger partial charge in [0.1, 0.15) is 0 Å². The van der Waals surface area contributed by atoms with E-state index in [1.54, 1.807) is 12.5 Å². The number of hydrogen-bond acceptors (Lipinski definition) is 3. The van der Waals surface area contributed by atoms with Crippen LogP contribution in [0.25, 0.3) is 5.69 Å². The molecule has 0 aliphatic heterocycles. The Kier molecular flexibility index (Phi) is 5.32. The second-order valence-corrected chi connectivity index (χ2v) is 5.53. The van der Waals surface area contributed by atoms with Crippen LogP contribution in [0.3, 0.4) is 0 Å². The zero-order valence-corrected chi connectivity index (χ0v) is 12.2. The minimum Gasteiger partial charge on any atom is -0.395 e. The SMILES string of the molecule is CC(C)CC(CO)NCc1ccc(-n2ccnc2)cc1. The Morgan fingerprint density at radius 2 is 2.00 bits per heavy atom. The van der Waals surface area contributed by atoms with Crippen LogP contribution in [-0.2, 0) is 6.54 Å². The number of aromatic nitrogens is 2. The maximum atomic E-state index is 9.35. The second kappa shape index (κ2) is 7.22. The lowest BCUT2D eigenvalue weighted by Crippen LogP contribution is -2.33. The molecule has 108 valence electrons. The third-order valence-electron chi connectivity index (χ3n) is 3.31. The van der Waals surface area contributed by atoms with Gasteiger partial charge in [0.25, 0.3) is 0 Å². The van der Waals surface area contributed by atoms with Gasteiger partial charge in [0.15, 0.2) is 0 Å². The summed E-state index contributed by atoms with van der Waals surface area (Å²) in [5.74, 6) is 0.586. The Bertz CT molecular complexity index is 491. The van der Waals surface area contributed by atoms with Crippen LogP contribution in [0.4, 0.5) is 0 Å². The van der Waals surface area contributed by atoms with Crippen molar-refractivity contribution in [3.63, 3.8) is 0 Å². The number of hydrogen-bond donors (Lipinski definition) is 2. The first-order valence-electron chi connectivity index (χ1n) is 7.10. The van der Waals surface area contributed by atoms with Gasteiger partial charge < -0.3 is 15.0 Å². The fraction of sp³-hybridized carbons (Fsp3) is 0.438. The lowest BCUT2D eigenvalue weighted by Gasteiger charge is -2.18. The van der Waals surface area contributed by atoms with E-state index in [2.05, 4.69) is 48.4 Å². The highest BCUT2D eigenvalue weighted by Crippen LogP contribution is 2.10. The Hall–Kier alpha value is -1.65. The van der Waals surface area contributed by atoms with Gasteiger partial charge in [-0.25, -0.2) is 4.98 Å². The first kappa shape index (κ1) is 14.8. The second-order valence-electron chi connectivity index (χ2n) is 5.53. The number of aliphatic hydroxyl groups is 1. The molecule has 0 fully saturated rings. The number of imidazole rings is 1. The van der Waals surface area contributed by atoms with Crippen molar-refractivity contribution in [1.29, 1.82) is 0 Å². The molecule has 4 heteroatoms. The molecule has 0 aliphatic rings. The molecule has 0 saturated carbocycles. The van der Waals surface area contributed by atoms with Crippen LogP contribution >= 0.6 is 0 Å². The molecule has 0 spiro atoms. The summed E-state index contributed by atoms with van der Waals surface area (Å²) >= 11 is 0. The lowest BCUT2D eigenvalue weighted by atomic mass is 10.0. The highest BCUT2D eigenvalue weighted by Gasteiger charge is 2.08. The molecule has 1 aromatic carbocycles. The highest BCUT2D eigenvalue weighted by atomic mass is 16.3. The zero-order valence-electron chi connectivity index (χ0n) is 12.2.